The highest BCUT2D eigenvalue weighted by Crippen LogP contribution is 2.47. The van der Waals surface area contributed by atoms with Crippen LogP contribution >= 0.6 is 0 Å². The van der Waals surface area contributed by atoms with Gasteiger partial charge < -0.3 is 33.7 Å². The molecule has 0 unspecified atom stereocenters. The Balaban J connectivity index is 1.63. The summed E-state index contributed by atoms with van der Waals surface area (Å²) >= 11 is 0. The first-order chi connectivity index (χ1) is 18.5. The van der Waals surface area contributed by atoms with E-state index in [0.717, 1.165) is 6.07 Å². The lowest BCUT2D eigenvalue weighted by atomic mass is 10.1. The van der Waals surface area contributed by atoms with Crippen LogP contribution in [-0.2, 0) is 9.47 Å². The van der Waals surface area contributed by atoms with Gasteiger partial charge in [-0.3, -0.25) is 4.79 Å². The number of esters is 1. The first-order valence-electron chi connectivity index (χ1n) is 12.7. The van der Waals surface area contributed by atoms with E-state index in [0.29, 0.717) is 42.2 Å². The van der Waals surface area contributed by atoms with E-state index in [4.69, 9.17) is 18.9 Å². The normalized spacial score (nSPS) is 15.9. The van der Waals surface area contributed by atoms with Gasteiger partial charge in [-0.15, -0.1) is 0 Å². The van der Waals surface area contributed by atoms with Crippen LogP contribution in [0, 0.1) is 5.82 Å². The molecule has 0 aliphatic carbocycles. The maximum Gasteiger partial charge on any atom is 0.407 e. The van der Waals surface area contributed by atoms with Gasteiger partial charge in [0.15, 0.2) is 17.3 Å². The molecule has 0 saturated carbocycles. The van der Waals surface area contributed by atoms with Crippen LogP contribution < -0.4 is 25.1 Å². The number of benzene rings is 2. The van der Waals surface area contributed by atoms with Crippen LogP contribution in [0.2, 0.25) is 0 Å². The molecule has 2 aromatic carbocycles. The molecule has 2 aliphatic heterocycles. The van der Waals surface area contributed by atoms with Crippen molar-refractivity contribution in [1.82, 2.24) is 9.88 Å². The molecular formula is C28H30FN3O7. The van der Waals surface area contributed by atoms with E-state index in [2.05, 4.69) is 5.32 Å². The number of pyridine rings is 1. The molecule has 5 rings (SSSR count). The molecule has 0 radical (unpaired) electrons. The van der Waals surface area contributed by atoms with Gasteiger partial charge >= 0.3 is 12.1 Å². The molecular weight excluding hydrogens is 509 g/mol. The molecule has 10 nitrogen and oxygen atoms in total. The van der Waals surface area contributed by atoms with Gasteiger partial charge in [-0.2, -0.15) is 0 Å². The predicted molar refractivity (Wildman–Crippen MR) is 142 cm³/mol. The lowest BCUT2D eigenvalue weighted by Crippen LogP contribution is -2.40. The molecule has 206 valence electrons. The Morgan fingerprint density at radius 1 is 1.23 bits per heavy atom. The Hall–Kier alpha value is -4.28. The van der Waals surface area contributed by atoms with Crippen LogP contribution in [0.5, 0.6) is 17.2 Å². The molecule has 1 amide bonds. The molecule has 11 heteroatoms. The van der Waals surface area contributed by atoms with Gasteiger partial charge in [0.25, 0.3) is 0 Å². The molecule has 1 N–H and O–H groups in total. The number of carbonyl (C=O) groups excluding carboxylic acids is 2. The van der Waals surface area contributed by atoms with Crippen LogP contribution in [0.25, 0.3) is 16.6 Å². The fourth-order valence-electron chi connectivity index (χ4n) is 4.92. The zero-order chi connectivity index (χ0) is 28.1. The number of nitrogens with zero attached hydrogens (tertiary/aromatic N) is 2. The molecule has 39 heavy (non-hydrogen) atoms. The van der Waals surface area contributed by atoms with Crippen molar-refractivity contribution in [2.45, 2.75) is 45.8 Å². The van der Waals surface area contributed by atoms with Crippen molar-refractivity contribution in [2.75, 3.05) is 31.7 Å². The number of carbonyl (C=O) groups is 2. The number of hydrogen-bond donors (Lipinski definition) is 1. The molecule has 0 spiro atoms. The van der Waals surface area contributed by atoms with E-state index in [1.807, 2.05) is 0 Å². The standard InChI is InChI=1S/C28H30FN3O7/c1-6-37-26(34)18-14-32-20-11-16(36-5)7-8-21(20)38-25-22(32)17(24(18)33)12-19(29)23(25)31-10-9-15(13-31)30-27(35)39-28(2,3)4/h7-8,11-12,14-15H,6,9-10,13H2,1-5H3,(H,30,35)/t15-/m0/s1. The van der Waals surface area contributed by atoms with Gasteiger partial charge in [-0.25, -0.2) is 14.0 Å². The molecule has 3 heterocycles. The zero-order valence-electron chi connectivity index (χ0n) is 22.4. The fraction of sp³-hybridized carbons (Fsp3) is 0.393. The summed E-state index contributed by atoms with van der Waals surface area (Å²) < 4.78 is 39.5. The minimum Gasteiger partial charge on any atom is -0.497 e. The third-order valence-electron chi connectivity index (χ3n) is 6.53. The van der Waals surface area contributed by atoms with Crippen molar-refractivity contribution in [3.05, 3.63) is 52.1 Å². The maximum atomic E-state index is 15.8. The Bertz CT molecular complexity index is 1540. The summed E-state index contributed by atoms with van der Waals surface area (Å²) in [6.45, 7) is 7.79. The van der Waals surface area contributed by atoms with Crippen LogP contribution in [0.15, 0.2) is 35.3 Å². The number of halogens is 1. The lowest BCUT2D eigenvalue weighted by Gasteiger charge is -2.29. The number of alkyl carbamates (subject to hydrolysis) is 1. The molecule has 1 aromatic heterocycles. The topological polar surface area (TPSA) is 108 Å². The number of ether oxygens (including phenoxy) is 4. The van der Waals surface area contributed by atoms with Crippen molar-refractivity contribution in [2.24, 2.45) is 0 Å². The number of aromatic nitrogens is 1. The SMILES string of the molecule is CCOC(=O)c1cn2c3c(c(N4CC[C@H](NC(=O)OC(C)(C)C)C4)c(F)cc3c1=O)Oc1ccc(OC)cc1-2. The average Bonchev–Trinajstić information content (AvgIpc) is 3.31. The number of rotatable bonds is 5. The number of nitrogens with one attached hydrogen (secondary N) is 1. The quantitative estimate of drug-likeness (QED) is 0.369. The molecule has 0 bridgehead atoms. The highest BCUT2D eigenvalue weighted by molar-refractivity contribution is 5.99. The van der Waals surface area contributed by atoms with Crippen molar-refractivity contribution >= 4 is 28.7 Å². The van der Waals surface area contributed by atoms with Crippen molar-refractivity contribution in [1.29, 1.82) is 0 Å². The molecule has 1 fully saturated rings. The third kappa shape index (κ3) is 4.84. The Labute approximate surface area is 224 Å². The summed E-state index contributed by atoms with van der Waals surface area (Å²) in [5.74, 6) is -0.420. The fourth-order valence-corrected chi connectivity index (χ4v) is 4.92. The van der Waals surface area contributed by atoms with Gasteiger partial charge in [0.05, 0.1) is 30.8 Å². The molecule has 1 atom stereocenters. The van der Waals surface area contributed by atoms with Gasteiger partial charge in [-0.05, 0) is 52.3 Å². The van der Waals surface area contributed by atoms with Gasteiger partial charge in [0.1, 0.15) is 28.1 Å². The van der Waals surface area contributed by atoms with Gasteiger partial charge in [-0.1, -0.05) is 0 Å². The summed E-state index contributed by atoms with van der Waals surface area (Å²) in [5, 5.41) is 2.82. The van der Waals surface area contributed by atoms with Gasteiger partial charge in [0, 0.05) is 25.4 Å². The number of anilines is 1. The zero-order valence-corrected chi connectivity index (χ0v) is 22.4. The summed E-state index contributed by atoms with van der Waals surface area (Å²) in [6, 6.07) is 5.92. The minimum absolute atomic E-state index is 0.0205. The van der Waals surface area contributed by atoms with Crippen LogP contribution in [0.3, 0.4) is 0 Å². The third-order valence-corrected chi connectivity index (χ3v) is 6.53. The summed E-state index contributed by atoms with van der Waals surface area (Å²) in [4.78, 5) is 40.1. The lowest BCUT2D eigenvalue weighted by molar-refractivity contribution is 0.0503. The van der Waals surface area contributed by atoms with Crippen LogP contribution in [-0.4, -0.2) is 55.1 Å². The van der Waals surface area contributed by atoms with E-state index in [1.54, 1.807) is 55.4 Å². The second-order valence-electron chi connectivity index (χ2n) is 10.4. The van der Waals surface area contributed by atoms with E-state index < -0.39 is 28.9 Å². The Morgan fingerprint density at radius 2 is 2.00 bits per heavy atom. The van der Waals surface area contributed by atoms with E-state index in [9.17, 15) is 14.4 Å². The predicted octanol–water partition coefficient (Wildman–Crippen LogP) is 4.52. The van der Waals surface area contributed by atoms with E-state index in [1.165, 1.54) is 13.3 Å². The minimum atomic E-state index is -0.800. The first-order valence-corrected chi connectivity index (χ1v) is 12.7. The van der Waals surface area contributed by atoms with Crippen LogP contribution in [0.4, 0.5) is 14.9 Å². The molecule has 1 saturated heterocycles. The van der Waals surface area contributed by atoms with E-state index >= 15 is 4.39 Å². The van der Waals surface area contributed by atoms with Crippen molar-refractivity contribution < 1.29 is 32.9 Å². The highest BCUT2D eigenvalue weighted by atomic mass is 19.1. The van der Waals surface area contributed by atoms with E-state index in [-0.39, 0.29) is 35.0 Å². The van der Waals surface area contributed by atoms with Gasteiger partial charge in [0.2, 0.25) is 5.43 Å². The van der Waals surface area contributed by atoms with Crippen molar-refractivity contribution in [3.8, 4) is 22.9 Å². The number of amides is 1. The second kappa shape index (κ2) is 9.79. The number of methoxy groups -OCH3 is 1. The number of hydrogen-bond acceptors (Lipinski definition) is 8. The largest absolute Gasteiger partial charge is 0.497 e. The smallest absolute Gasteiger partial charge is 0.407 e. The Kier molecular flexibility index (Phi) is 6.61. The summed E-state index contributed by atoms with van der Waals surface area (Å²) in [6.07, 6.45) is 1.40. The van der Waals surface area contributed by atoms with Crippen LogP contribution in [0.1, 0.15) is 44.5 Å². The summed E-state index contributed by atoms with van der Waals surface area (Å²) in [5.41, 5.74) is -0.537. The molecule has 2 aliphatic rings. The average molecular weight is 540 g/mol. The monoisotopic (exact) mass is 539 g/mol. The second-order valence-corrected chi connectivity index (χ2v) is 10.4. The number of fused-ring (bicyclic) bond motifs is 2. The van der Waals surface area contributed by atoms with Crippen molar-refractivity contribution in [3.63, 3.8) is 0 Å². The first kappa shape index (κ1) is 26.3. The molecule has 3 aromatic rings. The Morgan fingerprint density at radius 3 is 2.69 bits per heavy atom. The summed E-state index contributed by atoms with van der Waals surface area (Å²) in [7, 11) is 1.52. The maximum absolute atomic E-state index is 15.8. The highest BCUT2D eigenvalue weighted by Gasteiger charge is 2.34.